The van der Waals surface area contributed by atoms with Crippen molar-refractivity contribution < 1.29 is 9.59 Å². The van der Waals surface area contributed by atoms with Crippen molar-refractivity contribution in [2.45, 2.75) is 31.3 Å². The third-order valence-electron chi connectivity index (χ3n) is 5.74. The predicted molar refractivity (Wildman–Crippen MR) is 117 cm³/mol. The zero-order chi connectivity index (χ0) is 20.9. The summed E-state index contributed by atoms with van der Waals surface area (Å²) in [6.07, 6.45) is 2.56. The van der Waals surface area contributed by atoms with E-state index in [2.05, 4.69) is 27.5 Å². The van der Waals surface area contributed by atoms with Gasteiger partial charge >= 0.3 is 0 Å². The van der Waals surface area contributed by atoms with Crippen LogP contribution >= 0.6 is 0 Å². The van der Waals surface area contributed by atoms with Crippen molar-refractivity contribution in [1.82, 2.24) is 10.2 Å². The average molecular weight is 406 g/mol. The molecule has 4 rings (SSSR count). The van der Waals surface area contributed by atoms with Gasteiger partial charge in [-0.3, -0.25) is 19.5 Å². The standard InChI is InChI=1S/C23H27N5O2/c24-22(29)20-15-19(26-28(20)18-11-5-2-6-12-18)23(30)25-16-21(27-13-7-8-14-27)17-9-3-1-4-10-17/h1-6,9-12,20-21H,7-8,13-16H2,(H2,24,29)(H,25,30)/t20-,21+/m1/s1. The first-order chi connectivity index (χ1) is 14.6. The maximum Gasteiger partial charge on any atom is 0.267 e. The number of anilines is 1. The van der Waals surface area contributed by atoms with E-state index in [4.69, 9.17) is 5.73 Å². The van der Waals surface area contributed by atoms with E-state index in [0.29, 0.717) is 12.3 Å². The maximum absolute atomic E-state index is 12.9. The van der Waals surface area contributed by atoms with Crippen LogP contribution in [0.1, 0.15) is 30.9 Å². The van der Waals surface area contributed by atoms with Crippen molar-refractivity contribution in [1.29, 1.82) is 0 Å². The van der Waals surface area contributed by atoms with Crippen LogP contribution in [0, 0.1) is 0 Å². The lowest BCUT2D eigenvalue weighted by Gasteiger charge is -2.28. The normalized spacial score (nSPS) is 20.1. The van der Waals surface area contributed by atoms with E-state index in [1.807, 2.05) is 48.5 Å². The molecule has 2 amide bonds. The van der Waals surface area contributed by atoms with Crippen LogP contribution in [0.15, 0.2) is 65.8 Å². The molecule has 2 aromatic carbocycles. The van der Waals surface area contributed by atoms with Gasteiger partial charge in [0, 0.05) is 13.0 Å². The number of benzene rings is 2. The quantitative estimate of drug-likeness (QED) is 0.738. The molecule has 2 aromatic rings. The minimum absolute atomic E-state index is 0.122. The monoisotopic (exact) mass is 405 g/mol. The molecule has 0 radical (unpaired) electrons. The number of hydrogen-bond donors (Lipinski definition) is 2. The third kappa shape index (κ3) is 4.36. The molecule has 30 heavy (non-hydrogen) atoms. The Kier molecular flexibility index (Phi) is 6.09. The zero-order valence-electron chi connectivity index (χ0n) is 16.9. The molecule has 2 heterocycles. The molecular formula is C23H27N5O2. The minimum atomic E-state index is -0.656. The summed E-state index contributed by atoms with van der Waals surface area (Å²) in [6, 6.07) is 19.0. The number of hydrogen-bond acceptors (Lipinski definition) is 5. The molecule has 1 fully saturated rings. The molecule has 1 saturated heterocycles. The van der Waals surface area contributed by atoms with E-state index < -0.39 is 11.9 Å². The van der Waals surface area contributed by atoms with Crippen LogP contribution in [-0.2, 0) is 9.59 Å². The van der Waals surface area contributed by atoms with Gasteiger partial charge in [-0.25, -0.2) is 0 Å². The van der Waals surface area contributed by atoms with Crippen LogP contribution in [0.3, 0.4) is 0 Å². The number of para-hydroxylation sites is 1. The molecule has 2 aliphatic rings. The second kappa shape index (κ2) is 9.09. The van der Waals surface area contributed by atoms with Crippen LogP contribution in [0.5, 0.6) is 0 Å². The zero-order valence-corrected chi connectivity index (χ0v) is 16.9. The van der Waals surface area contributed by atoms with E-state index in [1.54, 1.807) is 5.01 Å². The Bertz CT molecular complexity index is 910. The number of rotatable bonds is 7. The summed E-state index contributed by atoms with van der Waals surface area (Å²) in [6.45, 7) is 2.55. The fourth-order valence-corrected chi connectivity index (χ4v) is 4.17. The Morgan fingerprint density at radius 3 is 2.30 bits per heavy atom. The summed E-state index contributed by atoms with van der Waals surface area (Å²) in [4.78, 5) is 27.3. The SMILES string of the molecule is NC(=O)[C@H]1CC(C(=O)NC[C@@H](c2ccccc2)N2CCCC2)=NN1c1ccccc1. The van der Waals surface area contributed by atoms with Gasteiger partial charge in [-0.1, -0.05) is 48.5 Å². The van der Waals surface area contributed by atoms with E-state index in [1.165, 1.54) is 18.4 Å². The molecule has 2 atom stereocenters. The van der Waals surface area contributed by atoms with Crippen LogP contribution in [-0.4, -0.2) is 48.1 Å². The van der Waals surface area contributed by atoms with Gasteiger partial charge in [0.25, 0.3) is 5.91 Å². The van der Waals surface area contributed by atoms with Crippen molar-refractivity contribution >= 4 is 23.2 Å². The first-order valence-corrected chi connectivity index (χ1v) is 10.4. The molecule has 0 aliphatic carbocycles. The van der Waals surface area contributed by atoms with Crippen LogP contribution in [0.25, 0.3) is 0 Å². The minimum Gasteiger partial charge on any atom is -0.368 e. The smallest absolute Gasteiger partial charge is 0.267 e. The second-order valence-electron chi connectivity index (χ2n) is 7.73. The van der Waals surface area contributed by atoms with Gasteiger partial charge < -0.3 is 11.1 Å². The number of carbonyl (C=O) groups is 2. The third-order valence-corrected chi connectivity index (χ3v) is 5.74. The van der Waals surface area contributed by atoms with Crippen LogP contribution in [0.4, 0.5) is 5.69 Å². The number of amides is 2. The largest absolute Gasteiger partial charge is 0.368 e. The van der Waals surface area contributed by atoms with E-state index in [-0.39, 0.29) is 18.4 Å². The Balaban J connectivity index is 1.47. The molecule has 0 unspecified atom stereocenters. The highest BCUT2D eigenvalue weighted by molar-refractivity contribution is 6.40. The first-order valence-electron chi connectivity index (χ1n) is 10.4. The van der Waals surface area contributed by atoms with Gasteiger partial charge in [-0.2, -0.15) is 5.10 Å². The van der Waals surface area contributed by atoms with Gasteiger partial charge in [0.05, 0.1) is 11.7 Å². The maximum atomic E-state index is 12.9. The summed E-state index contributed by atoms with van der Waals surface area (Å²) in [5.41, 5.74) is 7.83. The van der Waals surface area contributed by atoms with Gasteiger partial charge in [-0.05, 0) is 43.6 Å². The Morgan fingerprint density at radius 2 is 1.67 bits per heavy atom. The molecule has 0 spiro atoms. The summed E-state index contributed by atoms with van der Waals surface area (Å²) >= 11 is 0. The molecule has 2 aliphatic heterocycles. The van der Waals surface area contributed by atoms with E-state index in [9.17, 15) is 9.59 Å². The first kappa shape index (κ1) is 20.1. The molecule has 0 bridgehead atoms. The fraction of sp³-hybridized carbons (Fsp3) is 0.348. The van der Waals surface area contributed by atoms with Crippen molar-refractivity contribution in [3.63, 3.8) is 0 Å². The van der Waals surface area contributed by atoms with E-state index >= 15 is 0 Å². The number of nitrogens with one attached hydrogen (secondary N) is 1. The Hall–Kier alpha value is -3.19. The molecule has 7 nitrogen and oxygen atoms in total. The molecular weight excluding hydrogens is 378 g/mol. The summed E-state index contributed by atoms with van der Waals surface area (Å²) in [5.74, 6) is -0.746. The highest BCUT2D eigenvalue weighted by Crippen LogP contribution is 2.26. The highest BCUT2D eigenvalue weighted by Gasteiger charge is 2.35. The second-order valence-corrected chi connectivity index (χ2v) is 7.73. The summed E-state index contributed by atoms with van der Waals surface area (Å²) in [7, 11) is 0. The average Bonchev–Trinajstić information content (AvgIpc) is 3.46. The number of hydrazone groups is 1. The molecule has 7 heteroatoms. The summed E-state index contributed by atoms with van der Waals surface area (Å²) in [5, 5.41) is 9.02. The van der Waals surface area contributed by atoms with Crippen molar-refractivity contribution in [3.05, 3.63) is 66.2 Å². The number of nitrogens with zero attached hydrogens (tertiary/aromatic N) is 3. The molecule has 0 saturated carbocycles. The molecule has 0 aromatic heterocycles. The van der Waals surface area contributed by atoms with Gasteiger partial charge in [0.2, 0.25) is 5.91 Å². The lowest BCUT2D eigenvalue weighted by atomic mass is 10.1. The number of primary amides is 1. The molecule has 3 N–H and O–H groups in total. The van der Waals surface area contributed by atoms with Crippen molar-refractivity contribution in [3.8, 4) is 0 Å². The van der Waals surface area contributed by atoms with Crippen LogP contribution < -0.4 is 16.1 Å². The number of likely N-dealkylation sites (tertiary alicyclic amines) is 1. The highest BCUT2D eigenvalue weighted by atomic mass is 16.2. The summed E-state index contributed by atoms with van der Waals surface area (Å²) < 4.78 is 0. The number of carbonyl (C=O) groups excluding carboxylic acids is 2. The predicted octanol–water partition coefficient (Wildman–Crippen LogP) is 2.06. The Morgan fingerprint density at radius 1 is 1.03 bits per heavy atom. The van der Waals surface area contributed by atoms with Gasteiger partial charge in [0.15, 0.2) is 0 Å². The lowest BCUT2D eigenvalue weighted by molar-refractivity contribution is -0.119. The van der Waals surface area contributed by atoms with Crippen molar-refractivity contribution in [2.24, 2.45) is 10.8 Å². The number of nitrogens with two attached hydrogens (primary N) is 1. The van der Waals surface area contributed by atoms with Gasteiger partial charge in [0.1, 0.15) is 11.8 Å². The molecule has 156 valence electrons. The Labute approximate surface area is 176 Å². The fourth-order valence-electron chi connectivity index (χ4n) is 4.17. The topological polar surface area (TPSA) is 91.0 Å². The van der Waals surface area contributed by atoms with Crippen molar-refractivity contribution in [2.75, 3.05) is 24.6 Å². The lowest BCUT2D eigenvalue weighted by Crippen LogP contribution is -2.41. The van der Waals surface area contributed by atoms with Gasteiger partial charge in [-0.15, -0.1) is 0 Å². The van der Waals surface area contributed by atoms with Crippen LogP contribution in [0.2, 0.25) is 0 Å². The van der Waals surface area contributed by atoms with E-state index in [0.717, 1.165) is 18.8 Å².